The van der Waals surface area contributed by atoms with Crippen LogP contribution in [-0.4, -0.2) is 15.5 Å². The Morgan fingerprint density at radius 3 is 2.60 bits per heavy atom. The van der Waals surface area contributed by atoms with Gasteiger partial charge in [-0.2, -0.15) is 0 Å². The van der Waals surface area contributed by atoms with E-state index < -0.39 is 11.3 Å². The van der Waals surface area contributed by atoms with Crippen LogP contribution in [-0.2, 0) is 11.3 Å². The van der Waals surface area contributed by atoms with Gasteiger partial charge in [0.2, 0.25) is 5.91 Å². The summed E-state index contributed by atoms with van der Waals surface area (Å²) < 4.78 is 1.74. The fourth-order valence-electron chi connectivity index (χ4n) is 1.98. The molecular weight excluding hydrogens is 294 g/mol. The third-order valence-corrected chi connectivity index (χ3v) is 4.98. The fourth-order valence-corrected chi connectivity index (χ4v) is 3.35. The quantitative estimate of drug-likeness (QED) is 0.853. The molecule has 0 radical (unpaired) electrons. The van der Waals surface area contributed by atoms with Crippen LogP contribution in [0, 0.1) is 24.0 Å². The van der Waals surface area contributed by atoms with Gasteiger partial charge >= 0.3 is 0 Å². The van der Waals surface area contributed by atoms with E-state index in [2.05, 4.69) is 4.98 Å². The minimum absolute atomic E-state index is 0.167. The maximum absolute atomic E-state index is 12.6. The molecule has 0 aromatic carbocycles. The van der Waals surface area contributed by atoms with E-state index in [4.69, 9.17) is 18.0 Å². The lowest BCUT2D eigenvalue weighted by Crippen LogP contribution is -2.38. The molecule has 0 spiro atoms. The number of nitrogens with one attached hydrogen (secondary N) is 1. The van der Waals surface area contributed by atoms with Gasteiger partial charge in [0.25, 0.3) is 5.56 Å². The van der Waals surface area contributed by atoms with Crippen LogP contribution in [0.4, 0.5) is 0 Å². The van der Waals surface area contributed by atoms with Crippen molar-refractivity contribution in [2.75, 3.05) is 0 Å². The third-order valence-electron chi connectivity index (χ3n) is 3.53. The van der Waals surface area contributed by atoms with Gasteiger partial charge in [-0.25, -0.2) is 0 Å². The average Bonchev–Trinajstić information content (AvgIpc) is 2.60. The topological polar surface area (TPSA) is 80.9 Å². The Balaban J connectivity index is 2.72. The first kappa shape index (κ1) is 14.9. The van der Waals surface area contributed by atoms with E-state index in [9.17, 15) is 9.59 Å². The molecule has 2 heterocycles. The highest BCUT2D eigenvalue weighted by molar-refractivity contribution is 7.71. The molecule has 0 bridgehead atoms. The molecule has 0 saturated carbocycles. The van der Waals surface area contributed by atoms with Crippen molar-refractivity contribution < 1.29 is 4.79 Å². The van der Waals surface area contributed by atoms with Gasteiger partial charge in [-0.1, -0.05) is 0 Å². The number of aromatic nitrogens is 2. The molecule has 3 N–H and O–H groups in total. The minimum Gasteiger partial charge on any atom is -0.369 e. The zero-order chi connectivity index (χ0) is 15.2. The molecular formula is C13H17N3O2S2. The number of primary amides is 1. The summed E-state index contributed by atoms with van der Waals surface area (Å²) in [5.74, 6) is -0.461. The zero-order valence-electron chi connectivity index (χ0n) is 11.9. The lowest BCUT2D eigenvalue weighted by Gasteiger charge is -2.21. The van der Waals surface area contributed by atoms with Crippen molar-refractivity contribution >= 4 is 39.7 Å². The predicted molar refractivity (Wildman–Crippen MR) is 83.7 cm³/mol. The summed E-state index contributed by atoms with van der Waals surface area (Å²) in [5, 5.41) is 0.640. The Morgan fingerprint density at radius 2 is 2.05 bits per heavy atom. The Morgan fingerprint density at radius 1 is 1.45 bits per heavy atom. The zero-order valence-corrected chi connectivity index (χ0v) is 13.5. The molecule has 5 nitrogen and oxygen atoms in total. The van der Waals surface area contributed by atoms with Gasteiger partial charge in [-0.05, 0) is 45.5 Å². The number of thiophene rings is 1. The smallest absolute Gasteiger partial charge is 0.263 e. The second-order valence-corrected chi connectivity index (χ2v) is 7.17. The monoisotopic (exact) mass is 311 g/mol. The molecule has 2 rings (SSSR count). The molecule has 2 aromatic heterocycles. The van der Waals surface area contributed by atoms with Gasteiger partial charge in [-0.3, -0.25) is 14.2 Å². The second kappa shape index (κ2) is 4.82. The number of nitrogens with two attached hydrogens (primary N) is 1. The van der Waals surface area contributed by atoms with Crippen LogP contribution < -0.4 is 11.3 Å². The van der Waals surface area contributed by atoms with Crippen LogP contribution >= 0.6 is 23.6 Å². The molecule has 0 unspecified atom stereocenters. The van der Waals surface area contributed by atoms with Crippen LogP contribution in [0.25, 0.3) is 10.2 Å². The highest BCUT2D eigenvalue weighted by Gasteiger charge is 2.27. The van der Waals surface area contributed by atoms with Crippen LogP contribution in [0.1, 0.15) is 24.3 Å². The summed E-state index contributed by atoms with van der Waals surface area (Å²) in [5.41, 5.74) is 5.32. The average molecular weight is 311 g/mol. The van der Waals surface area contributed by atoms with Crippen molar-refractivity contribution in [3.05, 3.63) is 25.6 Å². The van der Waals surface area contributed by atoms with Crippen LogP contribution in [0.2, 0.25) is 0 Å². The van der Waals surface area contributed by atoms with Gasteiger partial charge in [0.05, 0.1) is 10.8 Å². The Labute approximate surface area is 125 Å². The molecule has 0 aliphatic rings. The number of rotatable bonds is 3. The number of carbonyl (C=O) groups is 1. The molecule has 2 aromatic rings. The molecule has 108 valence electrons. The molecule has 20 heavy (non-hydrogen) atoms. The van der Waals surface area contributed by atoms with Crippen molar-refractivity contribution in [3.8, 4) is 0 Å². The Kier molecular flexibility index (Phi) is 3.60. The number of aryl methyl sites for hydroxylation is 2. The van der Waals surface area contributed by atoms with Crippen molar-refractivity contribution in [1.29, 1.82) is 0 Å². The number of amides is 1. The van der Waals surface area contributed by atoms with Gasteiger partial charge in [-0.15, -0.1) is 11.3 Å². The second-order valence-electron chi connectivity index (χ2n) is 5.56. The number of hydrogen-bond acceptors (Lipinski definition) is 4. The molecule has 0 aliphatic carbocycles. The molecule has 1 amide bonds. The Hall–Kier alpha value is -1.47. The van der Waals surface area contributed by atoms with Gasteiger partial charge < -0.3 is 10.7 Å². The number of hydrogen-bond donors (Lipinski definition) is 2. The van der Waals surface area contributed by atoms with E-state index in [1.54, 1.807) is 13.8 Å². The number of H-pyrrole nitrogens is 1. The SMILES string of the molecule is Cc1sc2[nH]c(=S)n(CC(C)(C)C(N)=O)c(=O)c2c1C. The number of fused-ring (bicyclic) bond motifs is 1. The van der Waals surface area contributed by atoms with Crippen LogP contribution in [0.3, 0.4) is 0 Å². The first-order valence-corrected chi connectivity index (χ1v) is 7.40. The van der Waals surface area contributed by atoms with Crippen molar-refractivity contribution in [2.24, 2.45) is 11.1 Å². The maximum Gasteiger partial charge on any atom is 0.263 e. The fraction of sp³-hybridized carbons (Fsp3) is 0.462. The minimum atomic E-state index is -0.835. The van der Waals surface area contributed by atoms with Crippen molar-refractivity contribution in [2.45, 2.75) is 34.2 Å². The van der Waals surface area contributed by atoms with E-state index in [0.717, 1.165) is 15.3 Å². The highest BCUT2D eigenvalue weighted by Crippen LogP contribution is 2.26. The molecule has 0 saturated heterocycles. The number of nitrogens with zero attached hydrogens (tertiary/aromatic N) is 1. The maximum atomic E-state index is 12.6. The first-order valence-electron chi connectivity index (χ1n) is 6.18. The van der Waals surface area contributed by atoms with Crippen molar-refractivity contribution in [1.82, 2.24) is 9.55 Å². The number of aromatic amines is 1. The van der Waals surface area contributed by atoms with Gasteiger partial charge in [0, 0.05) is 11.4 Å². The van der Waals surface area contributed by atoms with E-state index in [0.29, 0.717) is 10.2 Å². The number of carbonyl (C=O) groups excluding carboxylic acids is 1. The summed E-state index contributed by atoms with van der Waals surface area (Å²) in [6.07, 6.45) is 0. The van der Waals surface area contributed by atoms with Crippen molar-refractivity contribution in [3.63, 3.8) is 0 Å². The Bertz CT molecular complexity index is 811. The summed E-state index contributed by atoms with van der Waals surface area (Å²) in [6, 6.07) is 0. The van der Waals surface area contributed by atoms with Gasteiger partial charge in [0.15, 0.2) is 4.77 Å². The van der Waals surface area contributed by atoms with E-state index >= 15 is 0 Å². The summed E-state index contributed by atoms with van der Waals surface area (Å²) >= 11 is 6.75. The summed E-state index contributed by atoms with van der Waals surface area (Å²) in [4.78, 5) is 29.0. The lowest BCUT2D eigenvalue weighted by atomic mass is 9.92. The van der Waals surface area contributed by atoms with E-state index in [-0.39, 0.29) is 12.1 Å². The van der Waals surface area contributed by atoms with E-state index in [1.807, 2.05) is 13.8 Å². The molecule has 0 fully saturated rings. The normalized spacial score (nSPS) is 12.0. The van der Waals surface area contributed by atoms with Gasteiger partial charge in [0.1, 0.15) is 4.83 Å². The first-order chi connectivity index (χ1) is 9.15. The van der Waals surface area contributed by atoms with Crippen LogP contribution in [0.15, 0.2) is 4.79 Å². The summed E-state index contributed by atoms with van der Waals surface area (Å²) in [7, 11) is 0. The third kappa shape index (κ3) is 2.31. The predicted octanol–water partition coefficient (Wildman–Crippen LogP) is 2.25. The molecule has 7 heteroatoms. The lowest BCUT2D eigenvalue weighted by molar-refractivity contribution is -0.126. The standard InChI is InChI=1S/C13H17N3O2S2/c1-6-7(2)20-9-8(6)10(17)16(12(19)15-9)5-13(3,4)11(14)18/h5H2,1-4H3,(H2,14,18)(H,15,19). The largest absolute Gasteiger partial charge is 0.369 e. The van der Waals surface area contributed by atoms with E-state index in [1.165, 1.54) is 15.9 Å². The van der Waals surface area contributed by atoms with Crippen LogP contribution in [0.5, 0.6) is 0 Å². The molecule has 0 atom stereocenters. The molecule has 0 aliphatic heterocycles. The highest BCUT2D eigenvalue weighted by atomic mass is 32.1. The summed E-state index contributed by atoms with van der Waals surface area (Å²) in [6.45, 7) is 7.45.